The first-order valence-corrected chi connectivity index (χ1v) is 6.35. The smallest absolute Gasteiger partial charge is 0.169 e. The van der Waals surface area contributed by atoms with Crippen LogP contribution in [-0.4, -0.2) is 14.1 Å². The molecule has 0 aliphatic carbocycles. The molecule has 0 atom stereocenters. The first kappa shape index (κ1) is 14.3. The van der Waals surface area contributed by atoms with Crippen molar-refractivity contribution in [3.05, 3.63) is 41.2 Å². The zero-order valence-electron chi connectivity index (χ0n) is 11.2. The molecule has 0 heterocycles. The van der Waals surface area contributed by atoms with E-state index in [-0.39, 0.29) is 22.1 Å². The predicted molar refractivity (Wildman–Crippen MR) is 84.3 cm³/mol. The summed E-state index contributed by atoms with van der Waals surface area (Å²) in [4.78, 5) is 1.97. The van der Waals surface area contributed by atoms with Crippen molar-refractivity contribution in [1.29, 1.82) is 0 Å². The summed E-state index contributed by atoms with van der Waals surface area (Å²) in [6, 6.07) is 8.92. The average molecular weight is 295 g/mol. The van der Waals surface area contributed by atoms with E-state index in [4.69, 9.17) is 23.1 Å². The van der Waals surface area contributed by atoms with Crippen molar-refractivity contribution in [2.24, 2.45) is 0 Å². The van der Waals surface area contributed by atoms with Gasteiger partial charge in [-0.25, -0.2) is 4.39 Å². The molecule has 0 fully saturated rings. The van der Waals surface area contributed by atoms with E-state index in [9.17, 15) is 4.39 Å². The molecule has 5 N–H and O–H groups in total. The maximum absolute atomic E-state index is 14.1. The molecule has 2 aromatic carbocycles. The topological polar surface area (TPSA) is 67.3 Å². The van der Waals surface area contributed by atoms with Gasteiger partial charge in [0.05, 0.1) is 17.1 Å². The SMILES string of the molecule is CN(C)c1ccc(Nc2c(N)cc(N)c(Cl)c2F)cc1. The fraction of sp³-hybridized carbons (Fsp3) is 0.143. The summed E-state index contributed by atoms with van der Waals surface area (Å²) in [5.74, 6) is -0.652. The predicted octanol–water partition coefficient (Wildman–Crippen LogP) is 3.45. The standard InChI is InChI=1S/C14H16ClFN4/c1-20(2)9-5-3-8(4-6-9)19-14-11(18)7-10(17)12(15)13(14)16/h3-7,19H,17-18H2,1-2H3. The fourth-order valence-corrected chi connectivity index (χ4v) is 1.93. The fourth-order valence-electron chi connectivity index (χ4n) is 1.78. The van der Waals surface area contributed by atoms with E-state index in [1.807, 2.05) is 43.3 Å². The van der Waals surface area contributed by atoms with Crippen LogP contribution in [0.5, 0.6) is 0 Å². The van der Waals surface area contributed by atoms with Crippen molar-refractivity contribution in [3.63, 3.8) is 0 Å². The molecule has 106 valence electrons. The van der Waals surface area contributed by atoms with Crippen LogP contribution in [-0.2, 0) is 0 Å². The first-order valence-electron chi connectivity index (χ1n) is 5.97. The first-order chi connectivity index (χ1) is 9.40. The Bertz CT molecular complexity index is 626. The summed E-state index contributed by atoms with van der Waals surface area (Å²) in [5.41, 5.74) is 13.5. The summed E-state index contributed by atoms with van der Waals surface area (Å²) in [5, 5.41) is 2.78. The van der Waals surface area contributed by atoms with Gasteiger partial charge in [0.15, 0.2) is 5.82 Å². The van der Waals surface area contributed by atoms with Gasteiger partial charge in [0.25, 0.3) is 0 Å². The third kappa shape index (κ3) is 2.72. The Morgan fingerprint density at radius 3 is 2.25 bits per heavy atom. The molecule has 0 spiro atoms. The summed E-state index contributed by atoms with van der Waals surface area (Å²) in [6.45, 7) is 0. The minimum atomic E-state index is -0.652. The lowest BCUT2D eigenvalue weighted by Crippen LogP contribution is -2.08. The van der Waals surface area contributed by atoms with Gasteiger partial charge < -0.3 is 21.7 Å². The molecular weight excluding hydrogens is 279 g/mol. The van der Waals surface area contributed by atoms with Gasteiger partial charge in [0, 0.05) is 25.5 Å². The van der Waals surface area contributed by atoms with Crippen LogP contribution in [0.1, 0.15) is 0 Å². The third-order valence-corrected chi connectivity index (χ3v) is 3.30. The maximum atomic E-state index is 14.1. The molecule has 6 heteroatoms. The molecule has 0 bridgehead atoms. The number of nitrogen functional groups attached to an aromatic ring is 2. The number of hydrogen-bond donors (Lipinski definition) is 3. The monoisotopic (exact) mass is 294 g/mol. The third-order valence-electron chi connectivity index (χ3n) is 2.92. The summed E-state index contributed by atoms with van der Waals surface area (Å²) in [6.07, 6.45) is 0. The van der Waals surface area contributed by atoms with Crippen molar-refractivity contribution < 1.29 is 4.39 Å². The van der Waals surface area contributed by atoms with Gasteiger partial charge in [-0.05, 0) is 30.3 Å². The molecule has 4 nitrogen and oxygen atoms in total. The molecule has 0 aromatic heterocycles. The van der Waals surface area contributed by atoms with Gasteiger partial charge >= 0.3 is 0 Å². The second kappa shape index (κ2) is 5.46. The Morgan fingerprint density at radius 2 is 1.70 bits per heavy atom. The van der Waals surface area contributed by atoms with Crippen molar-refractivity contribution in [2.45, 2.75) is 0 Å². The molecule has 0 radical (unpaired) electrons. The number of nitrogens with two attached hydrogens (primary N) is 2. The minimum absolute atomic E-state index is 0.121. The van der Waals surface area contributed by atoms with E-state index in [0.29, 0.717) is 5.69 Å². The molecule has 0 aliphatic heterocycles. The summed E-state index contributed by atoms with van der Waals surface area (Å²) >= 11 is 5.79. The van der Waals surface area contributed by atoms with Gasteiger partial charge in [-0.1, -0.05) is 11.6 Å². The van der Waals surface area contributed by atoms with Crippen LogP contribution in [0.15, 0.2) is 30.3 Å². The van der Waals surface area contributed by atoms with Crippen molar-refractivity contribution in [1.82, 2.24) is 0 Å². The van der Waals surface area contributed by atoms with E-state index >= 15 is 0 Å². The van der Waals surface area contributed by atoms with Crippen molar-refractivity contribution >= 4 is 40.0 Å². The molecule has 0 saturated carbocycles. The van der Waals surface area contributed by atoms with E-state index in [1.165, 1.54) is 6.07 Å². The normalized spacial score (nSPS) is 10.4. The molecule has 2 aromatic rings. The largest absolute Gasteiger partial charge is 0.397 e. The highest BCUT2D eigenvalue weighted by Gasteiger charge is 2.14. The van der Waals surface area contributed by atoms with Gasteiger partial charge in [-0.3, -0.25) is 0 Å². The quantitative estimate of drug-likeness (QED) is 0.759. The molecule has 0 amide bonds. The van der Waals surface area contributed by atoms with E-state index < -0.39 is 5.82 Å². The van der Waals surface area contributed by atoms with Gasteiger partial charge in [0.1, 0.15) is 5.02 Å². The van der Waals surface area contributed by atoms with Gasteiger partial charge in [-0.15, -0.1) is 0 Å². The van der Waals surface area contributed by atoms with Crippen LogP contribution in [0, 0.1) is 5.82 Å². The van der Waals surface area contributed by atoms with Crippen LogP contribution >= 0.6 is 11.6 Å². The second-order valence-corrected chi connectivity index (χ2v) is 5.00. The molecule has 0 saturated heterocycles. The highest BCUT2D eigenvalue weighted by Crippen LogP contribution is 2.35. The zero-order chi connectivity index (χ0) is 14.9. The number of benzene rings is 2. The van der Waals surface area contributed by atoms with E-state index in [2.05, 4.69) is 5.32 Å². The Hall–Kier alpha value is -2.14. The van der Waals surface area contributed by atoms with Crippen LogP contribution in [0.2, 0.25) is 5.02 Å². The molecule has 20 heavy (non-hydrogen) atoms. The van der Waals surface area contributed by atoms with Gasteiger partial charge in [0.2, 0.25) is 0 Å². The number of hydrogen-bond acceptors (Lipinski definition) is 4. The highest BCUT2D eigenvalue weighted by atomic mass is 35.5. The summed E-state index contributed by atoms with van der Waals surface area (Å²) in [7, 11) is 3.89. The lowest BCUT2D eigenvalue weighted by molar-refractivity contribution is 0.633. The van der Waals surface area contributed by atoms with E-state index in [0.717, 1.165) is 5.69 Å². The van der Waals surface area contributed by atoms with Gasteiger partial charge in [-0.2, -0.15) is 0 Å². The number of rotatable bonds is 3. The number of nitrogens with one attached hydrogen (secondary N) is 1. The Kier molecular flexibility index (Phi) is 3.90. The highest BCUT2D eigenvalue weighted by molar-refractivity contribution is 6.33. The molecule has 0 unspecified atom stereocenters. The van der Waals surface area contributed by atoms with Crippen LogP contribution in [0.4, 0.5) is 32.8 Å². The molecular formula is C14H16ClFN4. The zero-order valence-corrected chi connectivity index (χ0v) is 12.0. The second-order valence-electron chi connectivity index (χ2n) is 4.62. The Morgan fingerprint density at radius 1 is 1.10 bits per heavy atom. The number of nitrogens with zero attached hydrogens (tertiary/aromatic N) is 1. The number of halogens is 2. The Labute approximate surface area is 122 Å². The lowest BCUT2D eigenvalue weighted by atomic mass is 10.2. The Balaban J connectivity index is 2.33. The lowest BCUT2D eigenvalue weighted by Gasteiger charge is -2.15. The summed E-state index contributed by atoms with van der Waals surface area (Å²) < 4.78 is 14.1. The molecule has 0 aliphatic rings. The van der Waals surface area contributed by atoms with Crippen LogP contribution in [0.3, 0.4) is 0 Å². The van der Waals surface area contributed by atoms with Crippen molar-refractivity contribution in [2.75, 3.05) is 35.8 Å². The van der Waals surface area contributed by atoms with Crippen molar-refractivity contribution in [3.8, 4) is 0 Å². The minimum Gasteiger partial charge on any atom is -0.397 e. The van der Waals surface area contributed by atoms with Crippen LogP contribution in [0.25, 0.3) is 0 Å². The average Bonchev–Trinajstić information content (AvgIpc) is 2.42. The molecule has 2 rings (SSSR count). The van der Waals surface area contributed by atoms with E-state index in [1.54, 1.807) is 0 Å². The van der Waals surface area contributed by atoms with Crippen LogP contribution < -0.4 is 21.7 Å². The number of anilines is 5. The maximum Gasteiger partial charge on any atom is 0.169 e.